The van der Waals surface area contributed by atoms with E-state index in [1.54, 1.807) is 0 Å². The number of aryl methyl sites for hydroxylation is 1. The van der Waals surface area contributed by atoms with Crippen LogP contribution in [0, 0.1) is 24.4 Å². The molecule has 2 N–H and O–H groups in total. The van der Waals surface area contributed by atoms with Crippen LogP contribution in [0.1, 0.15) is 79.4 Å². The molecule has 1 aromatic rings. The highest BCUT2D eigenvalue weighted by atomic mass is 16.2. The molecule has 2 heteroatoms. The summed E-state index contributed by atoms with van der Waals surface area (Å²) in [5.41, 5.74) is 2.41. The lowest BCUT2D eigenvalue weighted by Crippen LogP contribution is -2.55. The number of rotatable bonds is 7. The Morgan fingerprint density at radius 1 is 0.840 bits per heavy atom. The molecule has 1 aromatic carbocycles. The lowest BCUT2D eigenvalue weighted by molar-refractivity contribution is 0.181. The first-order valence-electron chi connectivity index (χ1n) is 9.21. The van der Waals surface area contributed by atoms with E-state index in [0.29, 0.717) is 0 Å². The van der Waals surface area contributed by atoms with Gasteiger partial charge in [-0.1, -0.05) is 49.6 Å². The summed E-state index contributed by atoms with van der Waals surface area (Å²) in [5, 5.41) is 12.8. The summed E-state index contributed by atoms with van der Waals surface area (Å²) in [5.74, 6) is 2.91. The van der Waals surface area contributed by atoms with E-state index in [1.165, 1.54) is 11.1 Å². The standard InChI is InChI=1S/C23H37NO/c1-18-10-12-19(13-11-18)21(4,5)17-23(8,9)24-22(6,7)16-20(2,3)14-15-25/h10-13,24-25H,16-17H2,1-9H3. The zero-order valence-corrected chi connectivity index (χ0v) is 17.7. The Labute approximate surface area is 155 Å². The maximum atomic E-state index is 8.95. The van der Waals surface area contributed by atoms with Crippen LogP contribution in [0.15, 0.2) is 24.3 Å². The molecule has 0 aliphatic heterocycles. The molecule has 0 aromatic heterocycles. The van der Waals surface area contributed by atoms with Crippen molar-refractivity contribution in [3.63, 3.8) is 0 Å². The van der Waals surface area contributed by atoms with Gasteiger partial charge in [-0.25, -0.2) is 0 Å². The molecule has 0 bridgehead atoms. The highest BCUT2D eigenvalue weighted by Gasteiger charge is 2.36. The molecule has 0 heterocycles. The number of benzene rings is 1. The largest absolute Gasteiger partial charge is 0.462 e. The highest BCUT2D eigenvalue weighted by molar-refractivity contribution is 5.28. The topological polar surface area (TPSA) is 32.3 Å². The lowest BCUT2D eigenvalue weighted by atomic mass is 9.73. The van der Waals surface area contributed by atoms with E-state index in [2.05, 4.69) is 104 Å². The molecule has 0 spiro atoms. The van der Waals surface area contributed by atoms with Crippen LogP contribution in [0.25, 0.3) is 0 Å². The second-order valence-corrected chi connectivity index (χ2v) is 10.1. The molecular weight excluding hydrogens is 306 g/mol. The fourth-order valence-electron chi connectivity index (χ4n) is 4.52. The summed E-state index contributed by atoms with van der Waals surface area (Å²) in [6, 6.07) is 8.88. The summed E-state index contributed by atoms with van der Waals surface area (Å²) >= 11 is 0. The third-order valence-electron chi connectivity index (χ3n) is 4.67. The van der Waals surface area contributed by atoms with E-state index in [4.69, 9.17) is 5.11 Å². The average Bonchev–Trinajstić information content (AvgIpc) is 2.34. The molecule has 0 fully saturated rings. The fourth-order valence-corrected chi connectivity index (χ4v) is 4.52. The highest BCUT2D eigenvalue weighted by Crippen LogP contribution is 2.35. The smallest absolute Gasteiger partial charge is 0.108 e. The fraction of sp³-hybridized carbons (Fsp3) is 0.652. The van der Waals surface area contributed by atoms with Crippen LogP contribution in [-0.4, -0.2) is 16.2 Å². The lowest BCUT2D eigenvalue weighted by Gasteiger charge is -2.43. The van der Waals surface area contributed by atoms with E-state index in [-0.39, 0.29) is 21.9 Å². The summed E-state index contributed by atoms with van der Waals surface area (Å²) in [6.45, 7) is 19.9. The van der Waals surface area contributed by atoms with Crippen molar-refractivity contribution in [2.45, 2.75) is 91.6 Å². The summed E-state index contributed by atoms with van der Waals surface area (Å²) < 4.78 is 0. The molecule has 0 aliphatic rings. The first-order valence-corrected chi connectivity index (χ1v) is 9.21. The second-order valence-electron chi connectivity index (χ2n) is 10.1. The first-order chi connectivity index (χ1) is 11.2. The Morgan fingerprint density at radius 3 is 1.80 bits per heavy atom. The van der Waals surface area contributed by atoms with E-state index in [1.807, 2.05) is 0 Å². The third-order valence-corrected chi connectivity index (χ3v) is 4.67. The van der Waals surface area contributed by atoms with E-state index < -0.39 is 0 Å². The Balaban J connectivity index is 2.88. The number of hydrogen-bond donors (Lipinski definition) is 2. The van der Waals surface area contributed by atoms with E-state index in [0.717, 1.165) is 12.8 Å². The van der Waals surface area contributed by atoms with Gasteiger partial charge in [-0.3, -0.25) is 0 Å². The van der Waals surface area contributed by atoms with Crippen LogP contribution in [0.4, 0.5) is 0 Å². The van der Waals surface area contributed by atoms with Crippen LogP contribution < -0.4 is 5.32 Å². The Kier molecular flexibility index (Phi) is 6.41. The zero-order valence-electron chi connectivity index (χ0n) is 17.7. The van der Waals surface area contributed by atoms with Crippen molar-refractivity contribution < 1.29 is 5.11 Å². The van der Waals surface area contributed by atoms with Crippen molar-refractivity contribution in [2.75, 3.05) is 0 Å². The van der Waals surface area contributed by atoms with Gasteiger partial charge in [0.05, 0.1) is 0 Å². The second kappa shape index (κ2) is 7.42. The van der Waals surface area contributed by atoms with Crippen LogP contribution in [0.2, 0.25) is 0 Å². The first kappa shape index (κ1) is 21.6. The van der Waals surface area contributed by atoms with Crippen molar-refractivity contribution in [2.24, 2.45) is 5.41 Å². The van der Waals surface area contributed by atoms with Crippen molar-refractivity contribution in [3.05, 3.63) is 35.4 Å². The molecule has 0 atom stereocenters. The predicted molar refractivity (Wildman–Crippen MR) is 108 cm³/mol. The predicted octanol–water partition coefficient (Wildman–Crippen LogP) is 5.56. The molecule has 0 saturated heterocycles. The van der Waals surface area contributed by atoms with Crippen molar-refractivity contribution >= 4 is 0 Å². The Bertz CT molecular complexity index is 624. The number of nitrogens with one attached hydrogen (secondary N) is 1. The van der Waals surface area contributed by atoms with Crippen molar-refractivity contribution in [1.82, 2.24) is 5.32 Å². The average molecular weight is 344 g/mol. The zero-order chi connectivity index (χ0) is 19.5. The summed E-state index contributed by atoms with van der Waals surface area (Å²) in [4.78, 5) is 0. The Morgan fingerprint density at radius 2 is 1.32 bits per heavy atom. The molecule has 0 amide bonds. The van der Waals surface area contributed by atoms with Gasteiger partial charge in [-0.15, -0.1) is 0 Å². The summed E-state index contributed by atoms with van der Waals surface area (Å²) in [7, 11) is 0. The molecule has 0 radical (unpaired) electrons. The maximum Gasteiger partial charge on any atom is 0.108 e. The molecule has 1 rings (SSSR count). The SMILES string of the molecule is Cc1ccc(C(C)(C)CC(C)(C)NC(C)(C)CC(C)(C)C#CO)cc1. The van der Waals surface area contributed by atoms with Crippen LogP contribution >= 0.6 is 0 Å². The van der Waals surface area contributed by atoms with Gasteiger partial charge < -0.3 is 10.4 Å². The number of aliphatic hydroxyl groups excluding tert-OH is 1. The minimum Gasteiger partial charge on any atom is -0.462 e. The van der Waals surface area contributed by atoms with Gasteiger partial charge in [-0.05, 0) is 72.3 Å². The molecule has 0 unspecified atom stereocenters. The molecule has 2 nitrogen and oxygen atoms in total. The van der Waals surface area contributed by atoms with Gasteiger partial charge in [0.2, 0.25) is 0 Å². The van der Waals surface area contributed by atoms with Crippen molar-refractivity contribution in [3.8, 4) is 12.0 Å². The molecule has 0 aliphatic carbocycles. The van der Waals surface area contributed by atoms with Gasteiger partial charge in [-0.2, -0.15) is 0 Å². The van der Waals surface area contributed by atoms with E-state index >= 15 is 0 Å². The third kappa shape index (κ3) is 7.12. The van der Waals surface area contributed by atoms with Gasteiger partial charge in [0.1, 0.15) is 6.11 Å². The van der Waals surface area contributed by atoms with E-state index in [9.17, 15) is 0 Å². The summed E-state index contributed by atoms with van der Waals surface area (Å²) in [6.07, 6.45) is 3.97. The number of aliphatic hydroxyl groups is 1. The quantitative estimate of drug-likeness (QED) is 0.635. The molecule has 140 valence electrons. The minimum atomic E-state index is -0.228. The Hall–Kier alpha value is -1.46. The van der Waals surface area contributed by atoms with Crippen LogP contribution in [0.3, 0.4) is 0 Å². The van der Waals surface area contributed by atoms with Gasteiger partial charge in [0, 0.05) is 16.5 Å². The van der Waals surface area contributed by atoms with Gasteiger partial charge in [0.15, 0.2) is 0 Å². The van der Waals surface area contributed by atoms with Gasteiger partial charge in [0.25, 0.3) is 0 Å². The molecule has 25 heavy (non-hydrogen) atoms. The number of hydrogen-bond acceptors (Lipinski definition) is 2. The van der Waals surface area contributed by atoms with Crippen molar-refractivity contribution in [1.29, 1.82) is 0 Å². The minimum absolute atomic E-state index is 0.0272. The van der Waals surface area contributed by atoms with Gasteiger partial charge >= 0.3 is 0 Å². The molecule has 0 saturated carbocycles. The van der Waals surface area contributed by atoms with Crippen LogP contribution in [0.5, 0.6) is 0 Å². The molecular formula is C23H37NO. The normalized spacial score (nSPS) is 13.3. The monoisotopic (exact) mass is 343 g/mol. The van der Waals surface area contributed by atoms with Crippen LogP contribution in [-0.2, 0) is 5.41 Å². The maximum absolute atomic E-state index is 8.95.